The average Bonchev–Trinajstić information content (AvgIpc) is 2.46. The smallest absolute Gasteiger partial charge is 0.306 e. The Morgan fingerprint density at radius 3 is 2.90 bits per heavy atom. The van der Waals surface area contributed by atoms with Gasteiger partial charge in [0.05, 0.1) is 13.5 Å². The SMILES string of the molecule is COC(=O)CCSc1cccc2c1C=C(C)NC2OC. The number of hydrogen-bond acceptors (Lipinski definition) is 5. The number of hydrogen-bond donors (Lipinski definition) is 1. The zero-order valence-corrected chi connectivity index (χ0v) is 12.8. The topological polar surface area (TPSA) is 47.6 Å². The van der Waals surface area contributed by atoms with E-state index in [0.717, 1.165) is 16.2 Å². The molecule has 1 aliphatic rings. The molecule has 1 aliphatic heterocycles. The van der Waals surface area contributed by atoms with E-state index in [1.54, 1.807) is 18.9 Å². The fourth-order valence-corrected chi connectivity index (χ4v) is 3.14. The Labute approximate surface area is 123 Å². The second kappa shape index (κ2) is 6.81. The van der Waals surface area contributed by atoms with Crippen molar-refractivity contribution < 1.29 is 14.3 Å². The zero-order valence-electron chi connectivity index (χ0n) is 11.9. The lowest BCUT2D eigenvalue weighted by atomic mass is 10.0. The van der Waals surface area contributed by atoms with Crippen molar-refractivity contribution in [3.05, 3.63) is 35.0 Å². The van der Waals surface area contributed by atoms with Crippen molar-refractivity contribution in [1.82, 2.24) is 5.32 Å². The zero-order chi connectivity index (χ0) is 14.5. The van der Waals surface area contributed by atoms with Gasteiger partial charge in [-0.05, 0) is 24.6 Å². The van der Waals surface area contributed by atoms with Crippen LogP contribution in [0.5, 0.6) is 0 Å². The van der Waals surface area contributed by atoms with Crippen molar-refractivity contribution in [1.29, 1.82) is 0 Å². The summed E-state index contributed by atoms with van der Waals surface area (Å²) in [6.45, 7) is 2.02. The third kappa shape index (κ3) is 3.35. The minimum atomic E-state index is -0.176. The molecular formula is C15H19NO3S. The summed E-state index contributed by atoms with van der Waals surface area (Å²) in [6.07, 6.45) is 2.42. The maximum Gasteiger partial charge on any atom is 0.306 e. The van der Waals surface area contributed by atoms with Crippen LogP contribution in [0.1, 0.15) is 30.7 Å². The van der Waals surface area contributed by atoms with E-state index in [4.69, 9.17) is 4.74 Å². The fraction of sp³-hybridized carbons (Fsp3) is 0.400. The molecule has 20 heavy (non-hydrogen) atoms. The highest BCUT2D eigenvalue weighted by Gasteiger charge is 2.20. The number of thioether (sulfide) groups is 1. The van der Waals surface area contributed by atoms with Gasteiger partial charge >= 0.3 is 5.97 Å². The van der Waals surface area contributed by atoms with Crippen molar-refractivity contribution in [3.63, 3.8) is 0 Å². The van der Waals surface area contributed by atoms with Gasteiger partial charge in [0, 0.05) is 29.0 Å². The molecule has 1 aromatic rings. The maximum atomic E-state index is 11.2. The summed E-state index contributed by atoms with van der Waals surface area (Å²) in [6, 6.07) is 6.15. The molecule has 1 aromatic carbocycles. The Morgan fingerprint density at radius 1 is 1.40 bits per heavy atom. The van der Waals surface area contributed by atoms with E-state index >= 15 is 0 Å². The summed E-state index contributed by atoms with van der Waals surface area (Å²) in [4.78, 5) is 12.3. The van der Waals surface area contributed by atoms with Crippen LogP contribution in [-0.2, 0) is 14.3 Å². The standard InChI is InChI=1S/C15H19NO3S/c1-10-9-12-11(15(16-10)19-3)5-4-6-13(12)20-8-7-14(17)18-2/h4-6,9,15-16H,7-8H2,1-3H3. The number of allylic oxidation sites excluding steroid dienone is 1. The minimum absolute atomic E-state index is 0.115. The Bertz CT molecular complexity index is 528. The Balaban J connectivity index is 2.17. The summed E-state index contributed by atoms with van der Waals surface area (Å²) in [5.41, 5.74) is 3.37. The van der Waals surface area contributed by atoms with Crippen LogP contribution >= 0.6 is 11.8 Å². The second-order valence-corrected chi connectivity index (χ2v) is 5.66. The number of fused-ring (bicyclic) bond motifs is 1. The van der Waals surface area contributed by atoms with Crippen LogP contribution in [0.2, 0.25) is 0 Å². The van der Waals surface area contributed by atoms with Gasteiger partial charge in [0.15, 0.2) is 6.23 Å². The summed E-state index contributed by atoms with van der Waals surface area (Å²) >= 11 is 1.66. The molecule has 0 spiro atoms. The van der Waals surface area contributed by atoms with Gasteiger partial charge in [-0.25, -0.2) is 0 Å². The van der Waals surface area contributed by atoms with E-state index in [2.05, 4.69) is 28.3 Å². The molecule has 1 unspecified atom stereocenters. The predicted molar refractivity (Wildman–Crippen MR) is 80.3 cm³/mol. The van der Waals surface area contributed by atoms with Crippen LogP contribution < -0.4 is 5.32 Å². The van der Waals surface area contributed by atoms with E-state index in [1.165, 1.54) is 12.7 Å². The third-order valence-corrected chi connectivity index (χ3v) is 4.20. The molecule has 5 heteroatoms. The van der Waals surface area contributed by atoms with Gasteiger partial charge in [0.1, 0.15) is 0 Å². The summed E-state index contributed by atoms with van der Waals surface area (Å²) in [5.74, 6) is 0.534. The number of ether oxygens (including phenoxy) is 2. The highest BCUT2D eigenvalue weighted by atomic mass is 32.2. The molecular weight excluding hydrogens is 274 g/mol. The van der Waals surface area contributed by atoms with Gasteiger partial charge in [0.25, 0.3) is 0 Å². The van der Waals surface area contributed by atoms with Crippen molar-refractivity contribution >= 4 is 23.8 Å². The lowest BCUT2D eigenvalue weighted by molar-refractivity contribution is -0.140. The van der Waals surface area contributed by atoms with E-state index in [9.17, 15) is 4.79 Å². The largest absolute Gasteiger partial charge is 0.469 e. The maximum absolute atomic E-state index is 11.2. The molecule has 0 amide bonds. The number of carbonyl (C=O) groups excluding carboxylic acids is 1. The van der Waals surface area contributed by atoms with Gasteiger partial charge in [0.2, 0.25) is 0 Å². The van der Waals surface area contributed by atoms with E-state index < -0.39 is 0 Å². The first-order chi connectivity index (χ1) is 9.65. The van der Waals surface area contributed by atoms with Crippen molar-refractivity contribution in [2.24, 2.45) is 0 Å². The van der Waals surface area contributed by atoms with Gasteiger partial charge in [-0.15, -0.1) is 11.8 Å². The molecule has 1 atom stereocenters. The quantitative estimate of drug-likeness (QED) is 0.668. The number of benzene rings is 1. The molecule has 0 saturated carbocycles. The first kappa shape index (κ1) is 14.9. The van der Waals surface area contributed by atoms with Gasteiger partial charge < -0.3 is 14.8 Å². The lowest BCUT2D eigenvalue weighted by Gasteiger charge is -2.26. The number of rotatable bonds is 5. The molecule has 0 saturated heterocycles. The number of methoxy groups -OCH3 is 2. The molecule has 1 N–H and O–H groups in total. The fourth-order valence-electron chi connectivity index (χ4n) is 2.14. The summed E-state index contributed by atoms with van der Waals surface area (Å²) in [7, 11) is 3.11. The Morgan fingerprint density at radius 2 is 2.20 bits per heavy atom. The molecule has 0 radical (unpaired) electrons. The molecule has 0 bridgehead atoms. The Kier molecular flexibility index (Phi) is 5.09. The van der Waals surface area contributed by atoms with E-state index in [0.29, 0.717) is 12.2 Å². The highest BCUT2D eigenvalue weighted by molar-refractivity contribution is 7.99. The van der Waals surface area contributed by atoms with Crippen LogP contribution in [0.25, 0.3) is 6.08 Å². The number of esters is 1. The van der Waals surface area contributed by atoms with Gasteiger partial charge in [-0.3, -0.25) is 4.79 Å². The monoisotopic (exact) mass is 293 g/mol. The summed E-state index contributed by atoms with van der Waals surface area (Å²) in [5, 5.41) is 3.29. The molecule has 1 heterocycles. The Hall–Kier alpha value is -1.46. The van der Waals surface area contributed by atoms with Crippen LogP contribution in [-0.4, -0.2) is 25.9 Å². The van der Waals surface area contributed by atoms with Crippen LogP contribution in [0.3, 0.4) is 0 Å². The van der Waals surface area contributed by atoms with Crippen LogP contribution in [0, 0.1) is 0 Å². The summed E-state index contributed by atoms with van der Waals surface area (Å²) < 4.78 is 10.1. The number of carbonyl (C=O) groups is 1. The van der Waals surface area contributed by atoms with E-state index in [-0.39, 0.29) is 12.2 Å². The normalized spacial score (nSPS) is 16.9. The second-order valence-electron chi connectivity index (χ2n) is 4.52. The lowest BCUT2D eigenvalue weighted by Crippen LogP contribution is -2.25. The van der Waals surface area contributed by atoms with Gasteiger partial charge in [-0.1, -0.05) is 12.1 Å². The first-order valence-electron chi connectivity index (χ1n) is 6.46. The van der Waals surface area contributed by atoms with Gasteiger partial charge in [-0.2, -0.15) is 0 Å². The third-order valence-electron chi connectivity index (χ3n) is 3.13. The molecule has 0 aromatic heterocycles. The molecule has 0 fully saturated rings. The predicted octanol–water partition coefficient (Wildman–Crippen LogP) is 2.95. The first-order valence-corrected chi connectivity index (χ1v) is 7.44. The minimum Gasteiger partial charge on any atom is -0.469 e. The highest BCUT2D eigenvalue weighted by Crippen LogP contribution is 2.34. The van der Waals surface area contributed by atoms with Crippen molar-refractivity contribution in [3.8, 4) is 0 Å². The molecule has 108 valence electrons. The number of nitrogens with one attached hydrogen (secondary N) is 1. The van der Waals surface area contributed by atoms with Crippen molar-refractivity contribution in [2.75, 3.05) is 20.0 Å². The van der Waals surface area contributed by atoms with Crippen LogP contribution in [0.4, 0.5) is 0 Å². The molecule has 2 rings (SSSR count). The van der Waals surface area contributed by atoms with Crippen molar-refractivity contribution in [2.45, 2.75) is 24.5 Å². The molecule has 0 aliphatic carbocycles. The van der Waals surface area contributed by atoms with E-state index in [1.807, 2.05) is 13.0 Å². The average molecular weight is 293 g/mol. The van der Waals surface area contributed by atoms with Crippen LogP contribution in [0.15, 0.2) is 28.8 Å². The molecule has 4 nitrogen and oxygen atoms in total.